The Hall–Kier alpha value is -1.79. The lowest BCUT2D eigenvalue weighted by molar-refractivity contribution is 0.102. The van der Waals surface area contributed by atoms with E-state index in [-0.39, 0.29) is 5.56 Å². The molecule has 1 N–H and O–H groups in total. The van der Waals surface area contributed by atoms with Crippen LogP contribution in [0.25, 0.3) is 0 Å². The maximum Gasteiger partial charge on any atom is 0.131 e. The molecule has 0 spiro atoms. The van der Waals surface area contributed by atoms with Gasteiger partial charge in [-0.05, 0) is 18.9 Å². The molecule has 0 saturated heterocycles. The van der Waals surface area contributed by atoms with Crippen LogP contribution in [0.5, 0.6) is 0 Å². The Morgan fingerprint density at radius 1 is 1.30 bits per heavy atom. The summed E-state index contributed by atoms with van der Waals surface area (Å²) >= 11 is 0. The predicted octanol–water partition coefficient (Wildman–Crippen LogP) is 2.59. The monoisotopic (exact) mass is 319 g/mol. The molecule has 4 nitrogen and oxygen atoms in total. The summed E-state index contributed by atoms with van der Waals surface area (Å²) in [5, 5.41) is 10.3. The largest absolute Gasteiger partial charge is 0.387 e. The summed E-state index contributed by atoms with van der Waals surface area (Å²) in [4.78, 5) is 6.56. The first-order chi connectivity index (χ1) is 11.1. The Morgan fingerprint density at radius 3 is 2.87 bits per heavy atom. The van der Waals surface area contributed by atoms with E-state index in [1.807, 2.05) is 6.33 Å². The van der Waals surface area contributed by atoms with E-state index in [9.17, 15) is 13.9 Å². The molecule has 1 aliphatic heterocycles. The van der Waals surface area contributed by atoms with Gasteiger partial charge in [0.2, 0.25) is 0 Å². The van der Waals surface area contributed by atoms with Gasteiger partial charge >= 0.3 is 0 Å². The fourth-order valence-corrected chi connectivity index (χ4v) is 3.32. The number of aromatic nitrogens is 2. The van der Waals surface area contributed by atoms with E-state index in [2.05, 4.69) is 14.5 Å². The first-order valence-corrected chi connectivity index (χ1v) is 8.02. The van der Waals surface area contributed by atoms with Gasteiger partial charge in [-0.15, -0.1) is 0 Å². The molecule has 1 aromatic carbocycles. The van der Waals surface area contributed by atoms with Crippen LogP contribution in [-0.4, -0.2) is 32.6 Å². The van der Waals surface area contributed by atoms with Gasteiger partial charge in [-0.2, -0.15) is 0 Å². The molecule has 0 amide bonds. The third-order valence-corrected chi connectivity index (χ3v) is 4.71. The fourth-order valence-electron chi connectivity index (χ4n) is 3.32. The number of nitrogens with zero attached hydrogens (tertiary/aromatic N) is 3. The highest BCUT2D eigenvalue weighted by molar-refractivity contribution is 5.22. The minimum atomic E-state index is -0.970. The van der Waals surface area contributed by atoms with Crippen LogP contribution in [0.3, 0.4) is 0 Å². The van der Waals surface area contributed by atoms with Crippen LogP contribution in [0.15, 0.2) is 24.5 Å². The van der Waals surface area contributed by atoms with Crippen molar-refractivity contribution in [3.8, 4) is 0 Å². The molecule has 4 rings (SSSR count). The van der Waals surface area contributed by atoms with E-state index in [1.54, 1.807) is 0 Å². The Balaban J connectivity index is 1.45. The number of β-amino-alcohol motifs (C(OH)–C–C–N with tert-alkyl or cyclic N) is 1. The van der Waals surface area contributed by atoms with E-state index in [1.165, 1.54) is 30.7 Å². The van der Waals surface area contributed by atoms with Crippen molar-refractivity contribution in [2.75, 3.05) is 13.1 Å². The Labute approximate surface area is 133 Å². The Kier molecular flexibility index (Phi) is 3.66. The first kappa shape index (κ1) is 14.8. The fraction of sp³-hybridized carbons (Fsp3) is 0.471. The van der Waals surface area contributed by atoms with E-state index >= 15 is 0 Å². The van der Waals surface area contributed by atoms with Gasteiger partial charge in [0.05, 0.1) is 18.1 Å². The zero-order chi connectivity index (χ0) is 16.0. The molecule has 2 aromatic rings. The SMILES string of the molecule is OC(CN1CCc2c(ncn2C2CC2)C1)c1ccc(F)cc1F. The summed E-state index contributed by atoms with van der Waals surface area (Å²) in [6.07, 6.45) is 4.30. The van der Waals surface area contributed by atoms with E-state index in [0.29, 0.717) is 19.1 Å². The van der Waals surface area contributed by atoms with Gasteiger partial charge in [0.15, 0.2) is 0 Å². The molecule has 2 heterocycles. The summed E-state index contributed by atoms with van der Waals surface area (Å²) < 4.78 is 29.0. The number of benzene rings is 1. The number of hydrogen-bond donors (Lipinski definition) is 1. The number of halogens is 2. The average Bonchev–Trinajstić information content (AvgIpc) is 3.27. The number of rotatable bonds is 4. The van der Waals surface area contributed by atoms with Crippen molar-refractivity contribution in [3.05, 3.63) is 53.1 Å². The molecule has 1 unspecified atom stereocenters. The average molecular weight is 319 g/mol. The van der Waals surface area contributed by atoms with Gasteiger partial charge in [-0.3, -0.25) is 4.90 Å². The van der Waals surface area contributed by atoms with Crippen LogP contribution in [0.1, 0.15) is 41.9 Å². The molecule has 1 aromatic heterocycles. The van der Waals surface area contributed by atoms with Gasteiger partial charge in [-0.1, -0.05) is 6.07 Å². The number of aliphatic hydroxyl groups is 1. The van der Waals surface area contributed by atoms with Crippen LogP contribution < -0.4 is 0 Å². The molecule has 1 aliphatic carbocycles. The van der Waals surface area contributed by atoms with Crippen LogP contribution >= 0.6 is 0 Å². The zero-order valence-corrected chi connectivity index (χ0v) is 12.8. The summed E-state index contributed by atoms with van der Waals surface area (Å²) in [6.45, 7) is 1.79. The van der Waals surface area contributed by atoms with Crippen molar-refractivity contribution in [2.24, 2.45) is 0 Å². The lowest BCUT2D eigenvalue weighted by Crippen LogP contribution is -2.34. The normalized spacial score (nSPS) is 19.6. The van der Waals surface area contributed by atoms with Crippen molar-refractivity contribution in [1.82, 2.24) is 14.5 Å². The maximum absolute atomic E-state index is 13.8. The second-order valence-electron chi connectivity index (χ2n) is 6.44. The number of aliphatic hydroxyl groups excluding tert-OH is 1. The number of imidazole rings is 1. The third-order valence-electron chi connectivity index (χ3n) is 4.71. The van der Waals surface area contributed by atoms with Crippen molar-refractivity contribution in [1.29, 1.82) is 0 Å². The van der Waals surface area contributed by atoms with Crippen LogP contribution in [0.2, 0.25) is 0 Å². The van der Waals surface area contributed by atoms with Crippen LogP contribution in [0.4, 0.5) is 8.78 Å². The summed E-state index contributed by atoms with van der Waals surface area (Å²) in [6, 6.07) is 3.92. The van der Waals surface area contributed by atoms with E-state index in [0.717, 1.165) is 24.7 Å². The third kappa shape index (κ3) is 2.88. The van der Waals surface area contributed by atoms with Gasteiger partial charge in [-0.25, -0.2) is 13.8 Å². The van der Waals surface area contributed by atoms with E-state index in [4.69, 9.17) is 0 Å². The topological polar surface area (TPSA) is 41.3 Å². The van der Waals surface area contributed by atoms with Crippen molar-refractivity contribution in [2.45, 2.75) is 38.0 Å². The molecule has 1 saturated carbocycles. The number of fused-ring (bicyclic) bond motifs is 1. The molecule has 122 valence electrons. The molecule has 6 heteroatoms. The van der Waals surface area contributed by atoms with Crippen molar-refractivity contribution in [3.63, 3.8) is 0 Å². The summed E-state index contributed by atoms with van der Waals surface area (Å²) in [5.74, 6) is -1.33. The van der Waals surface area contributed by atoms with E-state index < -0.39 is 17.7 Å². The first-order valence-electron chi connectivity index (χ1n) is 8.02. The Morgan fingerprint density at radius 2 is 2.13 bits per heavy atom. The second kappa shape index (κ2) is 5.69. The molecule has 0 radical (unpaired) electrons. The van der Waals surface area contributed by atoms with Crippen molar-refractivity contribution >= 4 is 0 Å². The minimum Gasteiger partial charge on any atom is -0.387 e. The van der Waals surface area contributed by atoms with Gasteiger partial charge < -0.3 is 9.67 Å². The molecule has 1 atom stereocenters. The lowest BCUT2D eigenvalue weighted by atomic mass is 10.1. The van der Waals surface area contributed by atoms with Crippen LogP contribution in [0, 0.1) is 11.6 Å². The quantitative estimate of drug-likeness (QED) is 0.942. The molecule has 1 fully saturated rings. The molecule has 2 aliphatic rings. The highest BCUT2D eigenvalue weighted by Crippen LogP contribution is 2.37. The molecular weight excluding hydrogens is 300 g/mol. The second-order valence-corrected chi connectivity index (χ2v) is 6.44. The van der Waals surface area contributed by atoms with Crippen molar-refractivity contribution < 1.29 is 13.9 Å². The van der Waals surface area contributed by atoms with Gasteiger partial charge in [0.1, 0.15) is 11.6 Å². The highest BCUT2D eigenvalue weighted by atomic mass is 19.1. The summed E-state index contributed by atoms with van der Waals surface area (Å²) in [7, 11) is 0. The Bertz CT molecular complexity index is 727. The van der Waals surface area contributed by atoms with Crippen LogP contribution in [-0.2, 0) is 13.0 Å². The maximum atomic E-state index is 13.8. The van der Waals surface area contributed by atoms with Gasteiger partial charge in [0.25, 0.3) is 0 Å². The smallest absolute Gasteiger partial charge is 0.131 e. The molecular formula is C17H19F2N3O. The zero-order valence-electron chi connectivity index (χ0n) is 12.8. The highest BCUT2D eigenvalue weighted by Gasteiger charge is 2.30. The summed E-state index contributed by atoms with van der Waals surface area (Å²) in [5.41, 5.74) is 2.49. The lowest BCUT2D eigenvalue weighted by Gasteiger charge is -2.29. The standard InChI is InChI=1S/C17H19F2N3O/c18-11-1-4-13(14(19)7-11)17(23)9-21-6-5-16-15(8-21)20-10-22(16)12-2-3-12/h1,4,7,10,12,17,23H,2-3,5-6,8-9H2. The predicted molar refractivity (Wildman–Crippen MR) is 80.8 cm³/mol. The molecule has 23 heavy (non-hydrogen) atoms. The number of hydrogen-bond acceptors (Lipinski definition) is 3. The minimum absolute atomic E-state index is 0.140. The molecule has 0 bridgehead atoms. The van der Waals surface area contributed by atoms with Gasteiger partial charge in [0, 0.05) is 49.4 Å².